The van der Waals surface area contributed by atoms with Gasteiger partial charge in [-0.15, -0.1) is 4.89 Å². The van der Waals surface area contributed by atoms with Gasteiger partial charge in [0.1, 0.15) is 12.2 Å². The van der Waals surface area contributed by atoms with E-state index in [1.807, 2.05) is 0 Å². The summed E-state index contributed by atoms with van der Waals surface area (Å²) in [6.45, 7) is 0. The molecule has 0 aliphatic rings. The molecule has 0 atom stereocenters. The van der Waals surface area contributed by atoms with Crippen molar-refractivity contribution in [3.8, 4) is 0 Å². The van der Waals surface area contributed by atoms with Crippen LogP contribution in [0.3, 0.4) is 0 Å². The zero-order valence-corrected chi connectivity index (χ0v) is 3.58. The first-order valence-electron chi connectivity index (χ1n) is 1.00. The Morgan fingerprint density at radius 1 is 2.00 bits per heavy atom. The van der Waals surface area contributed by atoms with Crippen LogP contribution in [0, 0.1) is 0 Å². The summed E-state index contributed by atoms with van der Waals surface area (Å²) < 4.78 is 4.25. The summed E-state index contributed by atoms with van der Waals surface area (Å²) in [5.74, 6) is 0. The van der Waals surface area contributed by atoms with Crippen molar-refractivity contribution in [1.82, 2.24) is 4.89 Å². The van der Waals surface area contributed by atoms with E-state index >= 15 is 0 Å². The lowest BCUT2D eigenvalue weighted by molar-refractivity contribution is 0.246. The van der Waals surface area contributed by atoms with Crippen molar-refractivity contribution in [3.63, 3.8) is 0 Å². The van der Waals surface area contributed by atoms with Gasteiger partial charge in [-0.2, -0.15) is 0 Å². The molecule has 0 bridgehead atoms. The van der Waals surface area contributed by atoms with E-state index in [-0.39, 0.29) is 0 Å². The number of hydrogen-bond donors (Lipinski definition) is 2. The molecule has 0 heterocycles. The predicted octanol–water partition coefficient (Wildman–Crippen LogP) is 0.175. The first-order valence-corrected chi connectivity index (χ1v) is 1.74. The average molecular weight is 95.1 g/mol. The lowest BCUT2D eigenvalue weighted by Crippen LogP contribution is -1.90. The number of rotatable bonds is 2. The Morgan fingerprint density at radius 2 is 2.60 bits per heavy atom. The summed E-state index contributed by atoms with van der Waals surface area (Å²) in [6, 6.07) is 0. The Labute approximate surface area is 34.6 Å². The molecule has 0 unspecified atom stereocenters. The SMILES string of the molecule is COSNO. The maximum Gasteiger partial charge on any atom is 0.105 e. The van der Waals surface area contributed by atoms with Gasteiger partial charge in [-0.3, -0.25) is 0 Å². The summed E-state index contributed by atoms with van der Waals surface area (Å²) in [5, 5.41) is 7.65. The van der Waals surface area contributed by atoms with Crippen molar-refractivity contribution >= 4 is 12.2 Å². The summed E-state index contributed by atoms with van der Waals surface area (Å²) in [4.78, 5) is 1.71. The van der Waals surface area contributed by atoms with Crippen LogP contribution in [0.2, 0.25) is 0 Å². The Hall–Kier alpha value is 0.230. The van der Waals surface area contributed by atoms with Gasteiger partial charge in [0, 0.05) is 0 Å². The Balaban J connectivity index is 2.19. The van der Waals surface area contributed by atoms with E-state index in [2.05, 4.69) is 4.18 Å². The molecule has 2 N–H and O–H groups in total. The molecule has 0 aromatic heterocycles. The fraction of sp³-hybridized carbons (Fsp3) is 1.00. The third kappa shape index (κ3) is 4.23. The molecular weight excluding hydrogens is 90.1 g/mol. The highest BCUT2D eigenvalue weighted by molar-refractivity contribution is 7.92. The zero-order chi connectivity index (χ0) is 4.12. The van der Waals surface area contributed by atoms with Gasteiger partial charge in [-0.05, 0) is 0 Å². The first-order chi connectivity index (χ1) is 2.41. The van der Waals surface area contributed by atoms with Crippen LogP contribution in [0.1, 0.15) is 0 Å². The molecule has 0 radical (unpaired) electrons. The molecule has 3 nitrogen and oxygen atoms in total. The molecule has 4 heteroatoms. The minimum atomic E-state index is 0.769. The monoisotopic (exact) mass is 95.0 g/mol. The smallest absolute Gasteiger partial charge is 0.105 e. The fourth-order valence-electron chi connectivity index (χ4n) is 0.0373. The van der Waals surface area contributed by atoms with Gasteiger partial charge in [0.2, 0.25) is 0 Å². The van der Waals surface area contributed by atoms with Crippen molar-refractivity contribution in [3.05, 3.63) is 0 Å². The Bertz CT molecular complexity index is 17.1. The van der Waals surface area contributed by atoms with Crippen LogP contribution in [-0.4, -0.2) is 12.3 Å². The molecule has 0 fully saturated rings. The third-order valence-electron chi connectivity index (χ3n) is 0.121. The number of hydrogen-bond acceptors (Lipinski definition) is 4. The third-order valence-corrected chi connectivity index (χ3v) is 0.362. The van der Waals surface area contributed by atoms with E-state index in [9.17, 15) is 0 Å². The molecule has 0 saturated carbocycles. The maximum absolute atomic E-state index is 7.65. The van der Waals surface area contributed by atoms with E-state index in [4.69, 9.17) is 5.21 Å². The molecule has 32 valence electrons. The first kappa shape index (κ1) is 5.23. The second kappa shape index (κ2) is 4.23. The fourth-order valence-corrected chi connectivity index (χ4v) is 0.112. The van der Waals surface area contributed by atoms with Crippen LogP contribution in [0.5, 0.6) is 0 Å². The van der Waals surface area contributed by atoms with Gasteiger partial charge < -0.3 is 9.39 Å². The van der Waals surface area contributed by atoms with E-state index in [0.717, 1.165) is 12.2 Å². The molecule has 5 heavy (non-hydrogen) atoms. The van der Waals surface area contributed by atoms with Crippen LogP contribution >= 0.6 is 12.2 Å². The average Bonchev–Trinajstić information content (AvgIpc) is 1.41. The summed E-state index contributed by atoms with van der Waals surface area (Å²) in [5.41, 5.74) is 0. The van der Waals surface area contributed by atoms with E-state index in [1.54, 1.807) is 4.89 Å². The van der Waals surface area contributed by atoms with Crippen LogP contribution in [0.25, 0.3) is 0 Å². The highest BCUT2D eigenvalue weighted by Crippen LogP contribution is 1.84. The molecule has 0 aliphatic heterocycles. The normalized spacial score (nSPS) is 8.40. The van der Waals surface area contributed by atoms with Crippen molar-refractivity contribution in [2.24, 2.45) is 0 Å². The highest BCUT2D eigenvalue weighted by atomic mass is 32.2. The van der Waals surface area contributed by atoms with Gasteiger partial charge in [0.05, 0.1) is 7.11 Å². The molecule has 0 spiro atoms. The van der Waals surface area contributed by atoms with Gasteiger partial charge in [0.25, 0.3) is 0 Å². The minimum Gasteiger partial charge on any atom is -0.304 e. The van der Waals surface area contributed by atoms with Gasteiger partial charge >= 0.3 is 0 Å². The van der Waals surface area contributed by atoms with Crippen molar-refractivity contribution < 1.29 is 9.39 Å². The largest absolute Gasteiger partial charge is 0.304 e. The van der Waals surface area contributed by atoms with Crippen LogP contribution < -0.4 is 4.89 Å². The van der Waals surface area contributed by atoms with Gasteiger partial charge in [-0.1, -0.05) is 0 Å². The topological polar surface area (TPSA) is 41.5 Å². The van der Waals surface area contributed by atoms with Crippen molar-refractivity contribution in [2.45, 2.75) is 0 Å². The lowest BCUT2D eigenvalue weighted by Gasteiger charge is -1.83. The maximum atomic E-state index is 7.65. The molecule has 0 saturated heterocycles. The standard InChI is InChI=1S/CH5NO2S/c1-4-5-2-3/h2-3H,1H3. The second-order valence-electron chi connectivity index (χ2n) is 0.341. The molecule has 0 amide bonds. The summed E-state index contributed by atoms with van der Waals surface area (Å²) in [6.07, 6.45) is 0. The van der Waals surface area contributed by atoms with E-state index in [0.29, 0.717) is 0 Å². The van der Waals surface area contributed by atoms with Crippen LogP contribution in [0.15, 0.2) is 0 Å². The minimum absolute atomic E-state index is 0.769. The second-order valence-corrected chi connectivity index (χ2v) is 1.02. The molecule has 0 aliphatic carbocycles. The Morgan fingerprint density at radius 3 is 2.60 bits per heavy atom. The molecule has 0 rings (SSSR count). The summed E-state index contributed by atoms with van der Waals surface area (Å²) in [7, 11) is 1.45. The van der Waals surface area contributed by atoms with Gasteiger partial charge in [-0.25, -0.2) is 0 Å². The van der Waals surface area contributed by atoms with E-state index < -0.39 is 0 Å². The Kier molecular flexibility index (Phi) is 4.42. The quantitative estimate of drug-likeness (QED) is 0.291. The molecular formula is CH5NO2S. The number of nitrogens with one attached hydrogen (secondary N) is 1. The molecule has 0 aromatic carbocycles. The van der Waals surface area contributed by atoms with Crippen molar-refractivity contribution in [1.29, 1.82) is 0 Å². The van der Waals surface area contributed by atoms with E-state index in [1.165, 1.54) is 7.11 Å². The molecule has 0 aromatic rings. The van der Waals surface area contributed by atoms with Crippen LogP contribution in [-0.2, 0) is 4.18 Å². The zero-order valence-electron chi connectivity index (χ0n) is 2.76. The van der Waals surface area contributed by atoms with Gasteiger partial charge in [0.15, 0.2) is 0 Å². The lowest BCUT2D eigenvalue weighted by atomic mass is 11.8. The highest BCUT2D eigenvalue weighted by Gasteiger charge is 1.65. The predicted molar refractivity (Wildman–Crippen MR) is 19.5 cm³/mol. The summed E-state index contributed by atoms with van der Waals surface area (Å²) >= 11 is 0.769. The van der Waals surface area contributed by atoms with Crippen molar-refractivity contribution in [2.75, 3.05) is 7.11 Å². The van der Waals surface area contributed by atoms with Crippen LogP contribution in [0.4, 0.5) is 0 Å².